The molecule has 2 heterocycles. The lowest BCUT2D eigenvalue weighted by molar-refractivity contribution is -0.136. The van der Waals surface area contributed by atoms with E-state index in [-0.39, 0.29) is 30.7 Å². The number of benzene rings is 1. The van der Waals surface area contributed by atoms with Crippen LogP contribution < -0.4 is 9.47 Å². The highest BCUT2D eigenvalue weighted by Crippen LogP contribution is 2.34. The van der Waals surface area contributed by atoms with Gasteiger partial charge in [0.05, 0.1) is 38.0 Å². The standard InChI is InChI=1S/C27H38N2O5S/c1-6-12-28(16-20(30)18-34-27(2,3)4)17-26(31)29-13-10-25-23(11-14-35-25)24(29)19-33-22-9-7-8-21(15-22)32-5/h6-9,11,14-15,20,24,30H,1,10,12-13,16-19H2,2-5H3. The molecule has 1 aromatic carbocycles. The monoisotopic (exact) mass is 502 g/mol. The highest BCUT2D eigenvalue weighted by Gasteiger charge is 2.33. The van der Waals surface area contributed by atoms with Gasteiger partial charge in [0.15, 0.2) is 0 Å². The lowest BCUT2D eigenvalue weighted by atomic mass is 10.0. The van der Waals surface area contributed by atoms with Crippen molar-refractivity contribution in [2.75, 3.05) is 46.5 Å². The Balaban J connectivity index is 1.68. The Hall–Kier alpha value is -2.39. The topological polar surface area (TPSA) is 71.5 Å². The minimum Gasteiger partial charge on any atom is -0.497 e. The summed E-state index contributed by atoms with van der Waals surface area (Å²) in [5.74, 6) is 1.44. The van der Waals surface area contributed by atoms with Gasteiger partial charge in [0, 0.05) is 30.6 Å². The van der Waals surface area contributed by atoms with Crippen molar-refractivity contribution in [1.29, 1.82) is 0 Å². The van der Waals surface area contributed by atoms with Crippen molar-refractivity contribution >= 4 is 17.2 Å². The van der Waals surface area contributed by atoms with Crippen molar-refractivity contribution in [3.05, 3.63) is 58.8 Å². The van der Waals surface area contributed by atoms with Crippen LogP contribution in [0, 0.1) is 0 Å². The first-order chi connectivity index (χ1) is 16.7. The van der Waals surface area contributed by atoms with E-state index in [1.54, 1.807) is 24.5 Å². The molecule has 1 aromatic heterocycles. The molecule has 0 saturated heterocycles. The molecule has 3 rings (SSSR count). The number of carbonyl (C=O) groups is 1. The molecule has 1 aliphatic heterocycles. The van der Waals surface area contributed by atoms with Crippen LogP contribution >= 0.6 is 11.3 Å². The number of hydrogen-bond acceptors (Lipinski definition) is 7. The van der Waals surface area contributed by atoms with Crippen molar-refractivity contribution in [3.8, 4) is 11.5 Å². The molecule has 8 heteroatoms. The molecule has 1 aliphatic rings. The highest BCUT2D eigenvalue weighted by molar-refractivity contribution is 7.10. The zero-order valence-corrected chi connectivity index (χ0v) is 22.1. The number of aliphatic hydroxyl groups is 1. The Kier molecular flexibility index (Phi) is 9.74. The summed E-state index contributed by atoms with van der Waals surface area (Å²) >= 11 is 1.72. The lowest BCUT2D eigenvalue weighted by Crippen LogP contribution is -2.48. The van der Waals surface area contributed by atoms with Gasteiger partial charge in [-0.05, 0) is 56.3 Å². The Morgan fingerprint density at radius 1 is 1.34 bits per heavy atom. The number of methoxy groups -OCH3 is 1. The number of ether oxygens (including phenoxy) is 3. The predicted octanol–water partition coefficient (Wildman–Crippen LogP) is 3.93. The molecular weight excluding hydrogens is 464 g/mol. The number of aliphatic hydroxyl groups excluding tert-OH is 1. The second-order valence-corrected chi connectivity index (χ2v) is 10.7. The number of thiophene rings is 1. The average molecular weight is 503 g/mol. The van der Waals surface area contributed by atoms with Gasteiger partial charge < -0.3 is 24.2 Å². The molecule has 192 valence electrons. The van der Waals surface area contributed by atoms with E-state index in [1.165, 1.54) is 4.88 Å². The van der Waals surface area contributed by atoms with E-state index in [9.17, 15) is 9.90 Å². The number of amides is 1. The molecule has 0 saturated carbocycles. The van der Waals surface area contributed by atoms with E-state index < -0.39 is 6.10 Å². The Morgan fingerprint density at radius 2 is 2.11 bits per heavy atom. The Bertz CT molecular complexity index is 970. The molecule has 0 spiro atoms. The summed E-state index contributed by atoms with van der Waals surface area (Å²) in [6.07, 6.45) is 1.89. The van der Waals surface area contributed by atoms with E-state index in [4.69, 9.17) is 14.2 Å². The third-order valence-corrected chi connectivity index (χ3v) is 6.78. The van der Waals surface area contributed by atoms with Crippen molar-refractivity contribution in [1.82, 2.24) is 9.80 Å². The lowest BCUT2D eigenvalue weighted by Gasteiger charge is -2.37. The molecule has 35 heavy (non-hydrogen) atoms. The average Bonchev–Trinajstić information content (AvgIpc) is 3.30. The van der Waals surface area contributed by atoms with Gasteiger partial charge >= 0.3 is 0 Å². The maximum Gasteiger partial charge on any atom is 0.237 e. The molecule has 0 bridgehead atoms. The summed E-state index contributed by atoms with van der Waals surface area (Å²) < 4.78 is 17.1. The first-order valence-electron chi connectivity index (χ1n) is 12.0. The van der Waals surface area contributed by atoms with Crippen LogP contribution in [0.1, 0.15) is 37.3 Å². The van der Waals surface area contributed by atoms with Crippen LogP contribution in [0.5, 0.6) is 11.5 Å². The number of fused-ring (bicyclic) bond motifs is 1. The third kappa shape index (κ3) is 8.07. The molecule has 0 radical (unpaired) electrons. The third-order valence-electron chi connectivity index (χ3n) is 5.79. The van der Waals surface area contributed by atoms with Crippen LogP contribution in [0.25, 0.3) is 0 Å². The van der Waals surface area contributed by atoms with Crippen LogP contribution in [0.4, 0.5) is 0 Å². The molecule has 1 N–H and O–H groups in total. The van der Waals surface area contributed by atoms with Gasteiger partial charge in [0.2, 0.25) is 5.91 Å². The molecule has 1 amide bonds. The van der Waals surface area contributed by atoms with Crippen molar-refractivity contribution in [2.45, 2.75) is 44.9 Å². The summed E-state index contributed by atoms with van der Waals surface area (Å²) in [5.41, 5.74) is 0.814. The molecule has 2 aromatic rings. The molecule has 0 fully saturated rings. The molecule has 2 unspecified atom stereocenters. The van der Waals surface area contributed by atoms with Gasteiger partial charge in [0.25, 0.3) is 0 Å². The zero-order valence-electron chi connectivity index (χ0n) is 21.2. The number of carbonyl (C=O) groups excluding carboxylic acids is 1. The van der Waals surface area contributed by atoms with Crippen molar-refractivity contribution in [2.24, 2.45) is 0 Å². The number of nitrogens with zero attached hydrogens (tertiary/aromatic N) is 2. The Labute approximate surface area is 212 Å². The van der Waals surface area contributed by atoms with Crippen LogP contribution in [0.3, 0.4) is 0 Å². The summed E-state index contributed by atoms with van der Waals surface area (Å²) in [6, 6.07) is 9.40. The minimum absolute atomic E-state index is 0.00637. The first kappa shape index (κ1) is 27.2. The number of rotatable bonds is 12. The van der Waals surface area contributed by atoms with E-state index >= 15 is 0 Å². The fourth-order valence-electron chi connectivity index (χ4n) is 4.11. The van der Waals surface area contributed by atoms with E-state index in [1.807, 2.05) is 54.8 Å². The quantitative estimate of drug-likeness (QED) is 0.444. The van der Waals surface area contributed by atoms with Gasteiger partial charge in [-0.2, -0.15) is 0 Å². The highest BCUT2D eigenvalue weighted by atomic mass is 32.1. The fourth-order valence-corrected chi connectivity index (χ4v) is 5.03. The van der Waals surface area contributed by atoms with Crippen molar-refractivity contribution in [3.63, 3.8) is 0 Å². The van der Waals surface area contributed by atoms with Crippen LogP contribution in [0.2, 0.25) is 0 Å². The summed E-state index contributed by atoms with van der Waals surface area (Å²) in [7, 11) is 1.62. The zero-order chi connectivity index (χ0) is 25.4. The SMILES string of the molecule is C=CCN(CC(=O)N1CCc2sccc2C1COc1cccc(OC)c1)CC(O)COC(C)(C)C. The van der Waals surface area contributed by atoms with Crippen LogP contribution in [-0.2, 0) is 16.0 Å². The second kappa shape index (κ2) is 12.5. The normalized spacial score (nSPS) is 16.6. The van der Waals surface area contributed by atoms with Crippen LogP contribution in [-0.4, -0.2) is 79.0 Å². The van der Waals surface area contributed by atoms with Crippen LogP contribution in [0.15, 0.2) is 48.4 Å². The van der Waals surface area contributed by atoms with Gasteiger partial charge in [-0.15, -0.1) is 17.9 Å². The maximum absolute atomic E-state index is 13.5. The first-order valence-corrected chi connectivity index (χ1v) is 12.9. The van der Waals surface area contributed by atoms with Gasteiger partial charge in [0.1, 0.15) is 18.1 Å². The van der Waals surface area contributed by atoms with Gasteiger partial charge in [-0.3, -0.25) is 9.69 Å². The molecule has 0 aliphatic carbocycles. The largest absolute Gasteiger partial charge is 0.497 e. The molecule has 2 atom stereocenters. The Morgan fingerprint density at radius 3 is 2.83 bits per heavy atom. The second-order valence-electron chi connectivity index (χ2n) is 9.70. The smallest absolute Gasteiger partial charge is 0.237 e. The van der Waals surface area contributed by atoms with E-state index in [2.05, 4.69) is 18.0 Å². The van der Waals surface area contributed by atoms with Gasteiger partial charge in [-0.25, -0.2) is 0 Å². The molecular formula is C27H38N2O5S. The minimum atomic E-state index is -0.695. The maximum atomic E-state index is 13.5. The number of hydrogen-bond donors (Lipinski definition) is 1. The van der Waals surface area contributed by atoms with Crippen molar-refractivity contribution < 1.29 is 24.1 Å². The van der Waals surface area contributed by atoms with E-state index in [0.29, 0.717) is 32.0 Å². The fraction of sp³-hybridized carbons (Fsp3) is 0.519. The predicted molar refractivity (Wildman–Crippen MR) is 139 cm³/mol. The summed E-state index contributed by atoms with van der Waals surface area (Å²) in [5, 5.41) is 12.6. The summed E-state index contributed by atoms with van der Waals surface area (Å²) in [4.78, 5) is 18.6. The summed E-state index contributed by atoms with van der Waals surface area (Å²) in [6.45, 7) is 11.9. The van der Waals surface area contributed by atoms with Gasteiger partial charge in [-0.1, -0.05) is 12.1 Å². The van der Waals surface area contributed by atoms with E-state index in [0.717, 1.165) is 17.7 Å². The molecule has 7 nitrogen and oxygen atoms in total.